The fourth-order valence-electron chi connectivity index (χ4n) is 6.03. The molecule has 0 saturated heterocycles. The number of hydrogen-bond donors (Lipinski definition) is 0. The summed E-state index contributed by atoms with van der Waals surface area (Å²) in [5, 5.41) is 8.12. The molecule has 8 aromatic rings. The summed E-state index contributed by atoms with van der Waals surface area (Å²) in [7, 11) is 0. The van der Waals surface area contributed by atoms with Gasteiger partial charge >= 0.3 is 0 Å². The summed E-state index contributed by atoms with van der Waals surface area (Å²) >= 11 is 3.84. The van der Waals surface area contributed by atoms with E-state index in [-0.39, 0.29) is 0 Å². The van der Waals surface area contributed by atoms with Gasteiger partial charge in [0.1, 0.15) is 0 Å². The maximum Gasteiger partial charge on any atom is 0.0556 e. The van der Waals surface area contributed by atoms with Crippen LogP contribution in [0.3, 0.4) is 0 Å². The topological polar surface area (TPSA) is 4.93 Å². The van der Waals surface area contributed by atoms with Crippen LogP contribution >= 0.6 is 22.7 Å². The van der Waals surface area contributed by atoms with Gasteiger partial charge in [-0.15, -0.1) is 22.7 Å². The summed E-state index contributed by atoms with van der Waals surface area (Å²) in [5.74, 6) is 0. The van der Waals surface area contributed by atoms with Gasteiger partial charge in [-0.2, -0.15) is 0 Å². The number of allylic oxidation sites excluding steroid dienone is 4. The quantitative estimate of drug-likeness (QED) is 0.198. The zero-order chi connectivity index (χ0) is 26.1. The Kier molecular flexibility index (Phi) is 5.06. The maximum atomic E-state index is 2.47. The van der Waals surface area contributed by atoms with E-state index in [9.17, 15) is 0 Å². The Hall–Kier alpha value is -4.18. The second-order valence-electron chi connectivity index (χ2n) is 10.1. The molecule has 186 valence electrons. The standard InChI is InChI=1S/C36H25NS2/c1-3-4-9-22(2)23-14-16-24(17-15-23)37-29-20-18-27-25-10-5-7-12-31(25)38-35(27)33(29)34-30(37)21-19-28-26-11-6-8-13-32(26)39-36(28)34/h3-21H,1-2H3/b4-3-,22-9+. The highest BCUT2D eigenvalue weighted by atomic mass is 32.1. The second kappa shape index (κ2) is 8.67. The molecule has 8 rings (SSSR count). The fraction of sp³-hybridized carbons (Fsp3) is 0.0556. The van der Waals surface area contributed by atoms with E-state index < -0.39 is 0 Å². The number of benzene rings is 5. The van der Waals surface area contributed by atoms with Crippen LogP contribution in [0.1, 0.15) is 19.4 Å². The third-order valence-corrected chi connectivity index (χ3v) is 10.3. The summed E-state index contributed by atoms with van der Waals surface area (Å²) in [4.78, 5) is 0. The van der Waals surface area contributed by atoms with Crippen molar-refractivity contribution in [2.45, 2.75) is 13.8 Å². The van der Waals surface area contributed by atoms with Crippen LogP contribution in [0.4, 0.5) is 0 Å². The van der Waals surface area contributed by atoms with E-state index in [4.69, 9.17) is 0 Å². The minimum absolute atomic E-state index is 1.19. The SMILES string of the molecule is C/C=C\C=C(/C)c1ccc(-n2c3ccc4c5ccccc5sc4c3c3c4sc5ccccc5c4ccc32)cc1. The van der Waals surface area contributed by atoms with E-state index in [2.05, 4.69) is 134 Å². The molecule has 0 aliphatic heterocycles. The Morgan fingerprint density at radius 3 is 1.69 bits per heavy atom. The van der Waals surface area contributed by atoms with E-state index in [0.29, 0.717) is 0 Å². The van der Waals surface area contributed by atoms with Crippen molar-refractivity contribution in [3.05, 3.63) is 121 Å². The molecule has 39 heavy (non-hydrogen) atoms. The lowest BCUT2D eigenvalue weighted by molar-refractivity contribution is 1.18. The number of nitrogens with zero attached hydrogens (tertiary/aromatic N) is 1. The number of fused-ring (bicyclic) bond motifs is 11. The van der Waals surface area contributed by atoms with E-state index in [0.717, 1.165) is 0 Å². The van der Waals surface area contributed by atoms with Crippen molar-refractivity contribution in [2.24, 2.45) is 0 Å². The highest BCUT2D eigenvalue weighted by Crippen LogP contribution is 2.47. The molecule has 0 amide bonds. The molecule has 0 N–H and O–H groups in total. The smallest absolute Gasteiger partial charge is 0.0556 e. The van der Waals surface area contributed by atoms with Crippen LogP contribution in [0, 0.1) is 0 Å². The average molecular weight is 536 g/mol. The molecular formula is C36H25NS2. The first-order chi connectivity index (χ1) is 19.2. The van der Waals surface area contributed by atoms with Crippen LogP contribution in [-0.2, 0) is 0 Å². The highest BCUT2D eigenvalue weighted by molar-refractivity contribution is 7.28. The van der Waals surface area contributed by atoms with Gasteiger partial charge in [0.25, 0.3) is 0 Å². The zero-order valence-electron chi connectivity index (χ0n) is 21.7. The van der Waals surface area contributed by atoms with Crippen molar-refractivity contribution >= 4 is 90.4 Å². The third-order valence-electron chi connectivity index (χ3n) is 7.90. The largest absolute Gasteiger partial charge is 0.309 e. The molecule has 0 fully saturated rings. The van der Waals surface area contributed by atoms with Gasteiger partial charge in [-0.25, -0.2) is 0 Å². The van der Waals surface area contributed by atoms with Gasteiger partial charge in [-0.05, 0) is 61.4 Å². The summed E-state index contributed by atoms with van der Waals surface area (Å²) in [6.45, 7) is 4.22. The predicted molar refractivity (Wildman–Crippen MR) is 175 cm³/mol. The van der Waals surface area contributed by atoms with Gasteiger partial charge in [0.05, 0.1) is 11.0 Å². The van der Waals surface area contributed by atoms with Gasteiger partial charge in [0.2, 0.25) is 0 Å². The molecule has 0 aliphatic rings. The first kappa shape index (κ1) is 22.8. The van der Waals surface area contributed by atoms with E-state index in [1.807, 2.05) is 22.7 Å². The van der Waals surface area contributed by atoms with E-state index in [1.165, 1.54) is 79.0 Å². The molecule has 0 saturated carbocycles. The highest BCUT2D eigenvalue weighted by Gasteiger charge is 2.21. The van der Waals surface area contributed by atoms with Gasteiger partial charge in [-0.1, -0.05) is 78.9 Å². The van der Waals surface area contributed by atoms with Crippen LogP contribution in [0.2, 0.25) is 0 Å². The van der Waals surface area contributed by atoms with Crippen LogP contribution in [0.15, 0.2) is 115 Å². The van der Waals surface area contributed by atoms with E-state index >= 15 is 0 Å². The monoisotopic (exact) mass is 535 g/mol. The lowest BCUT2D eigenvalue weighted by atomic mass is 10.1. The number of thiophene rings is 2. The molecule has 0 radical (unpaired) electrons. The Labute approximate surface area is 234 Å². The van der Waals surface area contributed by atoms with Gasteiger partial charge in [-0.3, -0.25) is 0 Å². The Bertz CT molecular complexity index is 2160. The zero-order valence-corrected chi connectivity index (χ0v) is 23.4. The summed E-state index contributed by atoms with van der Waals surface area (Å²) < 4.78 is 7.91. The Morgan fingerprint density at radius 2 is 1.15 bits per heavy atom. The molecule has 0 unspecified atom stereocenters. The molecule has 3 aromatic heterocycles. The molecule has 0 bridgehead atoms. The summed E-state index contributed by atoms with van der Waals surface area (Å²) in [5.41, 5.74) is 6.24. The van der Waals surface area contributed by atoms with Crippen molar-refractivity contribution in [3.63, 3.8) is 0 Å². The molecule has 0 atom stereocenters. The molecular weight excluding hydrogens is 511 g/mol. The van der Waals surface area contributed by atoms with Gasteiger partial charge in [0, 0.05) is 56.8 Å². The second-order valence-corrected chi connectivity index (χ2v) is 12.2. The lowest BCUT2D eigenvalue weighted by Crippen LogP contribution is -1.94. The molecule has 5 aromatic carbocycles. The number of rotatable bonds is 3. The fourth-order valence-corrected chi connectivity index (χ4v) is 8.53. The molecule has 0 aliphatic carbocycles. The van der Waals surface area contributed by atoms with Gasteiger partial charge < -0.3 is 4.57 Å². The first-order valence-electron chi connectivity index (χ1n) is 13.3. The minimum Gasteiger partial charge on any atom is -0.309 e. The summed E-state index contributed by atoms with van der Waals surface area (Å²) in [6.07, 6.45) is 6.34. The Morgan fingerprint density at radius 1 is 0.615 bits per heavy atom. The van der Waals surface area contributed by atoms with Crippen LogP contribution in [0.5, 0.6) is 0 Å². The first-order valence-corrected chi connectivity index (χ1v) is 15.0. The molecule has 3 heteroatoms. The third kappa shape index (κ3) is 3.30. The molecule has 3 heterocycles. The predicted octanol–water partition coefficient (Wildman–Crippen LogP) is 11.5. The lowest BCUT2D eigenvalue weighted by Gasteiger charge is -2.09. The molecule has 1 nitrogen and oxygen atoms in total. The maximum absolute atomic E-state index is 2.47. The van der Waals surface area contributed by atoms with Crippen molar-refractivity contribution in [2.75, 3.05) is 0 Å². The van der Waals surface area contributed by atoms with Crippen molar-refractivity contribution in [1.29, 1.82) is 0 Å². The number of aromatic nitrogens is 1. The van der Waals surface area contributed by atoms with Crippen molar-refractivity contribution < 1.29 is 0 Å². The minimum atomic E-state index is 1.19. The van der Waals surface area contributed by atoms with E-state index in [1.54, 1.807) is 0 Å². The van der Waals surface area contributed by atoms with Crippen LogP contribution < -0.4 is 0 Å². The van der Waals surface area contributed by atoms with Crippen LogP contribution in [-0.4, -0.2) is 4.57 Å². The molecule has 0 spiro atoms. The van der Waals surface area contributed by atoms with Crippen molar-refractivity contribution in [3.8, 4) is 5.69 Å². The average Bonchev–Trinajstić information content (AvgIpc) is 3.65. The summed E-state index contributed by atoms with van der Waals surface area (Å²) in [6, 6.07) is 36.0. The van der Waals surface area contributed by atoms with Crippen LogP contribution in [0.25, 0.3) is 73.4 Å². The Balaban J connectivity index is 1.51. The number of hydrogen-bond acceptors (Lipinski definition) is 2. The van der Waals surface area contributed by atoms with Gasteiger partial charge in [0.15, 0.2) is 0 Å². The van der Waals surface area contributed by atoms with Crippen molar-refractivity contribution in [1.82, 2.24) is 4.57 Å². The normalized spacial score (nSPS) is 12.9.